The molecule has 0 bridgehead atoms. The molecule has 0 N–H and O–H groups in total. The van der Waals surface area contributed by atoms with Crippen LogP contribution in [-0.2, 0) is 0 Å². The van der Waals surface area contributed by atoms with Crippen LogP contribution in [0.4, 0.5) is 0 Å². The van der Waals surface area contributed by atoms with Crippen molar-refractivity contribution in [2.45, 2.75) is 0 Å². The van der Waals surface area contributed by atoms with E-state index in [4.69, 9.17) is 24.7 Å². The van der Waals surface area contributed by atoms with Crippen molar-refractivity contribution in [2.24, 2.45) is 0 Å². The third-order valence-corrected chi connectivity index (χ3v) is 7.19. The highest BCUT2D eigenvalue weighted by molar-refractivity contribution is 6.26. The van der Waals surface area contributed by atoms with Crippen molar-refractivity contribution < 1.29 is 38.4 Å². The number of rotatable bonds is 3. The molecule has 9 aromatic carbocycles. The van der Waals surface area contributed by atoms with Crippen molar-refractivity contribution in [2.75, 3.05) is 0 Å². The number of benzene rings is 9. The molecule has 0 heteroatoms. The van der Waals surface area contributed by atoms with Gasteiger partial charge in [0.1, 0.15) is 0 Å². The predicted molar refractivity (Wildman–Crippen MR) is 190 cm³/mol. The molecule has 0 saturated carbocycles. The SMILES string of the molecule is [2H]c1c([2H])c([2H])c(-c2c3c([2H])c([2H])c([2H])c([2H])c3c(-c3c([2H])c4c([2H])c([2H])c([2H])c([2H])c4c4c([2H])c([2H])c([2H])c([2H])c34)c3c([2H])c([2H])c(-c4c([2H])c([2H])c([2H])c5c([2H])c([2H])c([2H])c([2H])c45)c([2H])c23)c([2H])c1[2H]. The first-order chi connectivity index (χ1) is 33.5. The largest absolute Gasteiger partial charge is 0.0636 e. The Morgan fingerprint density at radius 1 is 0.273 bits per heavy atom. The molecule has 0 fully saturated rings. The van der Waals surface area contributed by atoms with Crippen LogP contribution in [0.2, 0.25) is 0 Å². The van der Waals surface area contributed by atoms with Gasteiger partial charge in [-0.1, -0.05) is 157 Å². The van der Waals surface area contributed by atoms with E-state index in [1.165, 1.54) is 0 Å². The van der Waals surface area contributed by atoms with E-state index < -0.39 is 256 Å². The zero-order chi connectivity index (χ0) is 53.4. The fourth-order valence-electron chi connectivity index (χ4n) is 5.38. The van der Waals surface area contributed by atoms with E-state index in [0.29, 0.717) is 0 Å². The summed E-state index contributed by atoms with van der Waals surface area (Å²) in [5, 5.41) is -7.23. The molecule has 204 valence electrons. The third kappa shape index (κ3) is 3.78. The summed E-state index contributed by atoms with van der Waals surface area (Å²) in [6.45, 7) is 0. The summed E-state index contributed by atoms with van der Waals surface area (Å²) < 4.78 is 253. The average molecular weight is 585 g/mol. The molecule has 0 amide bonds. The molecule has 0 radical (unpaired) electrons. The Morgan fingerprint density at radius 3 is 1.64 bits per heavy atom. The summed E-state index contributed by atoms with van der Waals surface area (Å²) in [7, 11) is 0. The summed E-state index contributed by atoms with van der Waals surface area (Å²) in [6.07, 6.45) is 0. The standard InChI is InChI=1S/C44H28/c1-2-14-30(15-3-1)43-38-22-10-11-23-39(38)44(41-27-31-16-5-7-19-35(31)36-20-8-9-21-37(36)41)40-26-25-32(28-42(40)43)34-24-12-17-29-13-4-6-18-33(29)34/h1-28H/i1D,2D,3D,4D,5D,6D,7D,8D,9D,10D,11D,12D,13D,14D,15D,16D,17D,18D,19D,20D,21D,22D,23D,24D,25D,26D,27D,28D. The Morgan fingerprint density at radius 2 is 0.841 bits per heavy atom. The fraction of sp³-hybridized carbons (Fsp3) is 0. The van der Waals surface area contributed by atoms with E-state index in [1.807, 2.05) is 0 Å². The molecular formula is C44H28. The van der Waals surface area contributed by atoms with Gasteiger partial charge < -0.3 is 0 Å². The first kappa shape index (κ1) is 9.64. The van der Waals surface area contributed by atoms with E-state index in [0.717, 1.165) is 0 Å². The van der Waals surface area contributed by atoms with Gasteiger partial charge >= 0.3 is 0 Å². The van der Waals surface area contributed by atoms with E-state index in [-0.39, 0.29) is 0 Å². The molecule has 0 aliphatic heterocycles. The predicted octanol–water partition coefficient (Wildman–Crippen LogP) is 12.5. The quantitative estimate of drug-likeness (QED) is 0.143. The molecule has 0 spiro atoms. The smallest absolute Gasteiger partial charge is 0.0622 e. The van der Waals surface area contributed by atoms with Crippen LogP contribution in [0.15, 0.2) is 169 Å². The topological polar surface area (TPSA) is 0 Å². The molecular weight excluding hydrogens is 528 g/mol. The number of hydrogen-bond acceptors (Lipinski definition) is 0. The zero-order valence-corrected chi connectivity index (χ0v) is 22.0. The monoisotopic (exact) mass is 584 g/mol. The Labute approximate surface area is 295 Å². The van der Waals surface area contributed by atoms with Gasteiger partial charge in [-0.3, -0.25) is 0 Å². The zero-order valence-electron chi connectivity index (χ0n) is 50.0. The van der Waals surface area contributed by atoms with Gasteiger partial charge in [-0.15, -0.1) is 0 Å². The maximum Gasteiger partial charge on any atom is 0.0636 e. The minimum atomic E-state index is -1.13. The van der Waals surface area contributed by atoms with Crippen LogP contribution >= 0.6 is 0 Å². The van der Waals surface area contributed by atoms with Crippen molar-refractivity contribution in [1.82, 2.24) is 0 Å². The van der Waals surface area contributed by atoms with Crippen LogP contribution in [0.5, 0.6) is 0 Å². The second-order valence-corrected chi connectivity index (χ2v) is 9.50. The highest BCUT2D eigenvalue weighted by Crippen LogP contribution is 2.47. The van der Waals surface area contributed by atoms with E-state index >= 15 is 0 Å². The van der Waals surface area contributed by atoms with Crippen LogP contribution < -0.4 is 0 Å². The van der Waals surface area contributed by atoms with E-state index in [1.54, 1.807) is 0 Å². The van der Waals surface area contributed by atoms with Gasteiger partial charge in [-0.25, -0.2) is 0 Å². The summed E-state index contributed by atoms with van der Waals surface area (Å²) in [6, 6.07) is -27.3. The van der Waals surface area contributed by atoms with Crippen molar-refractivity contribution >= 4 is 53.9 Å². The van der Waals surface area contributed by atoms with Crippen LogP contribution in [-0.4, -0.2) is 0 Å². The first-order valence-corrected chi connectivity index (χ1v) is 13.0. The molecule has 0 atom stereocenters. The lowest BCUT2D eigenvalue weighted by Crippen LogP contribution is -1.93. The normalized spacial score (nSPS) is 20.5. The lowest BCUT2D eigenvalue weighted by Gasteiger charge is -2.20. The Kier molecular flexibility index (Phi) is 2.18. The lowest BCUT2D eigenvalue weighted by atomic mass is 9.83. The van der Waals surface area contributed by atoms with Crippen molar-refractivity contribution in [3.8, 4) is 33.4 Å². The molecule has 0 saturated heterocycles. The van der Waals surface area contributed by atoms with Crippen molar-refractivity contribution in [3.63, 3.8) is 0 Å². The summed E-state index contributed by atoms with van der Waals surface area (Å²) in [4.78, 5) is 0. The van der Waals surface area contributed by atoms with Gasteiger partial charge in [-0.05, 0) is 99.3 Å². The Bertz CT molecular complexity index is 4080. The maximum atomic E-state index is 10.2. The third-order valence-electron chi connectivity index (χ3n) is 7.19. The highest BCUT2D eigenvalue weighted by atomic mass is 14.2. The molecule has 0 nitrogen and oxygen atoms in total. The second kappa shape index (κ2) is 9.93. The number of hydrogen-bond donors (Lipinski definition) is 0. The minimum Gasteiger partial charge on any atom is -0.0622 e. The molecule has 0 aliphatic carbocycles. The van der Waals surface area contributed by atoms with Gasteiger partial charge in [0.05, 0.1) is 38.4 Å². The Hall–Kier alpha value is -5.72. The minimum absolute atomic E-state index is 0.581. The highest BCUT2D eigenvalue weighted by Gasteiger charge is 2.20. The molecule has 9 aromatic rings. The van der Waals surface area contributed by atoms with E-state index in [2.05, 4.69) is 0 Å². The molecule has 44 heavy (non-hydrogen) atoms. The van der Waals surface area contributed by atoms with Crippen molar-refractivity contribution in [1.29, 1.82) is 0 Å². The van der Waals surface area contributed by atoms with Gasteiger partial charge in [0.15, 0.2) is 0 Å². The number of fused-ring (bicyclic) bond motifs is 6. The summed E-state index contributed by atoms with van der Waals surface area (Å²) >= 11 is 0. The maximum absolute atomic E-state index is 10.2. The molecule has 9 rings (SSSR count). The van der Waals surface area contributed by atoms with Gasteiger partial charge in [0.2, 0.25) is 0 Å². The second-order valence-electron chi connectivity index (χ2n) is 9.50. The van der Waals surface area contributed by atoms with Gasteiger partial charge in [0.25, 0.3) is 0 Å². The summed E-state index contributed by atoms with van der Waals surface area (Å²) in [5.74, 6) is 0. The van der Waals surface area contributed by atoms with Gasteiger partial charge in [0, 0.05) is 0 Å². The van der Waals surface area contributed by atoms with Gasteiger partial charge in [-0.2, -0.15) is 0 Å². The fourth-order valence-corrected chi connectivity index (χ4v) is 5.38. The molecule has 0 unspecified atom stereocenters. The van der Waals surface area contributed by atoms with Crippen LogP contribution in [0.25, 0.3) is 87.2 Å². The summed E-state index contributed by atoms with van der Waals surface area (Å²) in [5.41, 5.74) is -4.96. The molecule has 0 aliphatic rings. The van der Waals surface area contributed by atoms with Crippen LogP contribution in [0.3, 0.4) is 0 Å². The lowest BCUT2D eigenvalue weighted by molar-refractivity contribution is 1.65. The Balaban J connectivity index is 1.76. The van der Waals surface area contributed by atoms with E-state index in [9.17, 15) is 13.7 Å². The average Bonchev–Trinajstić information content (AvgIpc) is 3.35. The van der Waals surface area contributed by atoms with Crippen LogP contribution in [0, 0.1) is 0 Å². The molecule has 0 aromatic heterocycles. The van der Waals surface area contributed by atoms with Crippen molar-refractivity contribution in [3.05, 3.63) is 169 Å². The van der Waals surface area contributed by atoms with Crippen LogP contribution in [0.1, 0.15) is 38.4 Å². The first-order valence-electron chi connectivity index (χ1n) is 27.0. The molecule has 0 heterocycles.